The van der Waals surface area contributed by atoms with Crippen molar-refractivity contribution in [2.24, 2.45) is 0 Å². The predicted molar refractivity (Wildman–Crippen MR) is 104 cm³/mol. The fraction of sp³-hybridized carbons (Fsp3) is 0.300. The SMILES string of the molecule is Cc1onc(-c2ccccc2Cl)c1C(=O)NCCn1nc(C2CC2)ccc1=O. The van der Waals surface area contributed by atoms with Crippen LogP contribution in [0.5, 0.6) is 0 Å². The van der Waals surface area contributed by atoms with Gasteiger partial charge in [0.15, 0.2) is 0 Å². The number of rotatable bonds is 6. The summed E-state index contributed by atoms with van der Waals surface area (Å²) in [7, 11) is 0. The summed E-state index contributed by atoms with van der Waals surface area (Å²) < 4.78 is 6.61. The van der Waals surface area contributed by atoms with Gasteiger partial charge in [-0.3, -0.25) is 9.59 Å². The molecule has 0 atom stereocenters. The molecule has 0 aliphatic heterocycles. The van der Waals surface area contributed by atoms with Crippen LogP contribution in [-0.2, 0) is 6.54 Å². The maximum absolute atomic E-state index is 12.7. The molecule has 4 rings (SSSR count). The monoisotopic (exact) mass is 398 g/mol. The average molecular weight is 399 g/mol. The third-order valence-corrected chi connectivity index (χ3v) is 5.04. The van der Waals surface area contributed by atoms with E-state index in [0.29, 0.717) is 33.5 Å². The van der Waals surface area contributed by atoms with Crippen molar-refractivity contribution < 1.29 is 9.32 Å². The van der Waals surface area contributed by atoms with Crippen LogP contribution < -0.4 is 10.9 Å². The summed E-state index contributed by atoms with van der Waals surface area (Å²) in [5, 5.41) is 11.7. The van der Waals surface area contributed by atoms with Gasteiger partial charge in [0.1, 0.15) is 17.0 Å². The first-order valence-electron chi connectivity index (χ1n) is 9.12. The van der Waals surface area contributed by atoms with Gasteiger partial charge in [0.2, 0.25) is 0 Å². The standard InChI is InChI=1S/C20H19ClN4O3/c1-12-18(19(24-28-12)14-4-2-3-5-15(14)21)20(27)22-10-11-25-17(26)9-8-16(23-25)13-6-7-13/h2-5,8-9,13H,6-7,10-11H2,1H3,(H,22,27). The number of nitrogens with zero attached hydrogens (tertiary/aromatic N) is 3. The molecule has 7 nitrogen and oxygen atoms in total. The van der Waals surface area contributed by atoms with Gasteiger partial charge in [0, 0.05) is 24.1 Å². The summed E-state index contributed by atoms with van der Waals surface area (Å²) >= 11 is 6.23. The second kappa shape index (κ2) is 7.59. The second-order valence-electron chi connectivity index (χ2n) is 6.79. The van der Waals surface area contributed by atoms with E-state index in [1.54, 1.807) is 31.2 Å². The van der Waals surface area contributed by atoms with Gasteiger partial charge in [-0.05, 0) is 31.9 Å². The van der Waals surface area contributed by atoms with Crippen LogP contribution in [0.3, 0.4) is 0 Å². The average Bonchev–Trinajstić information content (AvgIpc) is 3.46. The lowest BCUT2D eigenvalue weighted by atomic mass is 10.1. The highest BCUT2D eigenvalue weighted by Crippen LogP contribution is 2.38. The fourth-order valence-corrected chi connectivity index (χ4v) is 3.29. The maximum Gasteiger partial charge on any atom is 0.266 e. The van der Waals surface area contributed by atoms with Crippen LogP contribution in [0.15, 0.2) is 45.7 Å². The zero-order valence-electron chi connectivity index (χ0n) is 15.3. The molecule has 0 saturated heterocycles. The van der Waals surface area contributed by atoms with E-state index in [-0.39, 0.29) is 24.6 Å². The largest absolute Gasteiger partial charge is 0.360 e. The lowest BCUT2D eigenvalue weighted by Gasteiger charge is -2.09. The van der Waals surface area contributed by atoms with Crippen LogP contribution in [0.1, 0.15) is 40.6 Å². The van der Waals surface area contributed by atoms with Gasteiger partial charge in [-0.2, -0.15) is 5.10 Å². The minimum atomic E-state index is -0.333. The Kier molecular flexibility index (Phi) is 5.00. The molecule has 0 bridgehead atoms. The molecule has 0 unspecified atom stereocenters. The molecular formula is C20H19ClN4O3. The Bertz CT molecular complexity index is 1090. The minimum Gasteiger partial charge on any atom is -0.360 e. The normalized spacial score (nSPS) is 13.5. The number of benzene rings is 1. The van der Waals surface area contributed by atoms with E-state index in [0.717, 1.165) is 18.5 Å². The van der Waals surface area contributed by atoms with Crippen molar-refractivity contribution in [2.45, 2.75) is 32.2 Å². The molecule has 1 aromatic carbocycles. The van der Waals surface area contributed by atoms with Crippen molar-refractivity contribution in [1.29, 1.82) is 0 Å². The smallest absolute Gasteiger partial charge is 0.266 e. The zero-order chi connectivity index (χ0) is 19.7. The van der Waals surface area contributed by atoms with E-state index in [1.807, 2.05) is 6.07 Å². The molecule has 2 aromatic heterocycles. The van der Waals surface area contributed by atoms with Gasteiger partial charge < -0.3 is 9.84 Å². The minimum absolute atomic E-state index is 0.184. The number of carbonyl (C=O) groups excluding carboxylic acids is 1. The number of carbonyl (C=O) groups is 1. The van der Waals surface area contributed by atoms with Crippen molar-refractivity contribution in [3.05, 3.63) is 68.8 Å². The number of aromatic nitrogens is 3. The molecule has 144 valence electrons. The van der Waals surface area contributed by atoms with E-state index in [2.05, 4.69) is 15.6 Å². The van der Waals surface area contributed by atoms with Gasteiger partial charge in [-0.15, -0.1) is 0 Å². The van der Waals surface area contributed by atoms with E-state index in [9.17, 15) is 9.59 Å². The summed E-state index contributed by atoms with van der Waals surface area (Å²) in [6.45, 7) is 2.22. The lowest BCUT2D eigenvalue weighted by Crippen LogP contribution is -2.32. The van der Waals surface area contributed by atoms with Crippen molar-refractivity contribution in [3.63, 3.8) is 0 Å². The summed E-state index contributed by atoms with van der Waals surface area (Å²) in [5.41, 5.74) is 2.10. The maximum atomic E-state index is 12.7. The summed E-state index contributed by atoms with van der Waals surface area (Å²) in [6.07, 6.45) is 2.22. The molecule has 1 aliphatic carbocycles. The molecule has 1 aliphatic rings. The molecule has 0 radical (unpaired) electrons. The number of hydrogen-bond acceptors (Lipinski definition) is 5. The molecule has 1 N–H and O–H groups in total. The number of aryl methyl sites for hydroxylation is 1. The lowest BCUT2D eigenvalue weighted by molar-refractivity contribution is 0.0950. The van der Waals surface area contributed by atoms with Crippen molar-refractivity contribution in [2.75, 3.05) is 6.54 Å². The van der Waals surface area contributed by atoms with Crippen LogP contribution in [0.4, 0.5) is 0 Å². The first-order chi connectivity index (χ1) is 13.5. The van der Waals surface area contributed by atoms with Crippen molar-refractivity contribution >= 4 is 17.5 Å². The van der Waals surface area contributed by atoms with Gasteiger partial charge >= 0.3 is 0 Å². The molecule has 1 fully saturated rings. The first kappa shape index (κ1) is 18.4. The third-order valence-electron chi connectivity index (χ3n) is 4.71. The molecule has 28 heavy (non-hydrogen) atoms. The van der Waals surface area contributed by atoms with Crippen molar-refractivity contribution in [1.82, 2.24) is 20.3 Å². The summed E-state index contributed by atoms with van der Waals surface area (Å²) in [5.74, 6) is 0.526. The fourth-order valence-electron chi connectivity index (χ4n) is 3.06. The summed E-state index contributed by atoms with van der Waals surface area (Å²) in [4.78, 5) is 24.7. The highest BCUT2D eigenvalue weighted by Gasteiger charge is 2.26. The molecule has 0 spiro atoms. The highest BCUT2D eigenvalue weighted by molar-refractivity contribution is 6.33. The Labute approximate surface area is 166 Å². The molecule has 8 heteroatoms. The molecule has 3 aromatic rings. The number of halogens is 1. The van der Waals surface area contributed by atoms with E-state index in [1.165, 1.54) is 10.7 Å². The van der Waals surface area contributed by atoms with Crippen LogP contribution in [-0.4, -0.2) is 27.4 Å². The van der Waals surface area contributed by atoms with Gasteiger partial charge in [-0.1, -0.05) is 35.0 Å². The summed E-state index contributed by atoms with van der Waals surface area (Å²) in [6, 6.07) is 10.4. The van der Waals surface area contributed by atoms with Crippen LogP contribution in [0, 0.1) is 6.92 Å². The van der Waals surface area contributed by atoms with Gasteiger partial charge in [0.05, 0.1) is 17.3 Å². The Morgan fingerprint density at radius 1 is 1.29 bits per heavy atom. The Hall–Kier alpha value is -2.93. The van der Waals surface area contributed by atoms with Crippen LogP contribution >= 0.6 is 11.6 Å². The molecular weight excluding hydrogens is 380 g/mol. The number of hydrogen-bond donors (Lipinski definition) is 1. The number of amides is 1. The first-order valence-corrected chi connectivity index (χ1v) is 9.50. The van der Waals surface area contributed by atoms with Crippen LogP contribution in [0.25, 0.3) is 11.3 Å². The molecule has 1 amide bonds. The second-order valence-corrected chi connectivity index (χ2v) is 7.20. The quantitative estimate of drug-likeness (QED) is 0.688. The Morgan fingerprint density at radius 3 is 2.82 bits per heavy atom. The third kappa shape index (κ3) is 3.71. The zero-order valence-corrected chi connectivity index (χ0v) is 16.1. The predicted octanol–water partition coefficient (Wildman–Crippen LogP) is 3.17. The van der Waals surface area contributed by atoms with Gasteiger partial charge in [0.25, 0.3) is 11.5 Å². The Balaban J connectivity index is 1.48. The van der Waals surface area contributed by atoms with E-state index >= 15 is 0 Å². The van der Waals surface area contributed by atoms with E-state index < -0.39 is 0 Å². The Morgan fingerprint density at radius 2 is 2.07 bits per heavy atom. The molecule has 1 saturated carbocycles. The molecule has 2 heterocycles. The van der Waals surface area contributed by atoms with Gasteiger partial charge in [-0.25, -0.2) is 4.68 Å². The van der Waals surface area contributed by atoms with E-state index in [4.69, 9.17) is 16.1 Å². The number of nitrogens with one attached hydrogen (secondary N) is 1. The highest BCUT2D eigenvalue weighted by atomic mass is 35.5. The van der Waals surface area contributed by atoms with Crippen LogP contribution in [0.2, 0.25) is 5.02 Å². The topological polar surface area (TPSA) is 90.0 Å². The van der Waals surface area contributed by atoms with Crippen molar-refractivity contribution in [3.8, 4) is 11.3 Å².